The highest BCUT2D eigenvalue weighted by atomic mass is 16.7. The minimum absolute atomic E-state index is 0.0531. The van der Waals surface area contributed by atoms with Crippen molar-refractivity contribution >= 4 is 0 Å². The zero-order chi connectivity index (χ0) is 14.5. The van der Waals surface area contributed by atoms with E-state index in [1.165, 1.54) is 6.92 Å². The summed E-state index contributed by atoms with van der Waals surface area (Å²) in [6.07, 6.45) is 1.83. The molecule has 0 radical (unpaired) electrons. The third kappa shape index (κ3) is 2.39. The summed E-state index contributed by atoms with van der Waals surface area (Å²) in [5.41, 5.74) is -0.766. The number of pyridine rings is 1. The molecule has 2 rings (SSSR count). The van der Waals surface area contributed by atoms with Crippen molar-refractivity contribution in [1.82, 2.24) is 4.98 Å². The largest absolute Gasteiger partial charge is 0.384 e. The molecule has 0 bridgehead atoms. The van der Waals surface area contributed by atoms with Crippen molar-refractivity contribution in [1.29, 1.82) is 0 Å². The molecule has 5 nitrogen and oxygen atoms in total. The van der Waals surface area contributed by atoms with Gasteiger partial charge in [0.1, 0.15) is 5.60 Å². The van der Waals surface area contributed by atoms with E-state index in [2.05, 4.69) is 18.8 Å². The summed E-state index contributed by atoms with van der Waals surface area (Å²) < 4.78 is 0. The van der Waals surface area contributed by atoms with E-state index in [0.29, 0.717) is 11.6 Å². The Morgan fingerprint density at radius 3 is 2.16 bits per heavy atom. The van der Waals surface area contributed by atoms with Gasteiger partial charge in [-0.05, 0) is 30.4 Å². The predicted molar refractivity (Wildman–Crippen MR) is 69.0 cm³/mol. The molecule has 0 saturated heterocycles. The maximum atomic E-state index is 10.4. The normalized spacial score (nSPS) is 31.4. The van der Waals surface area contributed by atoms with Gasteiger partial charge in [-0.15, -0.1) is 0 Å². The summed E-state index contributed by atoms with van der Waals surface area (Å²) >= 11 is 0. The molecule has 0 unspecified atom stereocenters. The highest BCUT2D eigenvalue weighted by Crippen LogP contribution is 2.57. The van der Waals surface area contributed by atoms with Gasteiger partial charge in [-0.2, -0.15) is 0 Å². The van der Waals surface area contributed by atoms with Gasteiger partial charge in [0.05, 0.1) is 11.1 Å². The average Bonchev–Trinajstić information content (AvgIpc) is 2.25. The first kappa shape index (κ1) is 14.4. The third-order valence-corrected chi connectivity index (χ3v) is 4.10. The van der Waals surface area contributed by atoms with Crippen LogP contribution in [0.5, 0.6) is 0 Å². The molecule has 5 heteroatoms. The van der Waals surface area contributed by atoms with Crippen LogP contribution in [0, 0.1) is 5.41 Å². The summed E-state index contributed by atoms with van der Waals surface area (Å²) in [7, 11) is 0. The van der Waals surface area contributed by atoms with Crippen LogP contribution in [0.25, 0.3) is 0 Å². The number of nitrogens with zero attached hydrogens (tertiary/aromatic N) is 1. The second-order valence-corrected chi connectivity index (χ2v) is 6.21. The molecule has 106 valence electrons. The third-order valence-electron chi connectivity index (χ3n) is 4.10. The van der Waals surface area contributed by atoms with Crippen LogP contribution in [0.1, 0.15) is 50.8 Å². The van der Waals surface area contributed by atoms with Crippen LogP contribution >= 0.6 is 0 Å². The zero-order valence-electron chi connectivity index (χ0n) is 11.5. The van der Waals surface area contributed by atoms with Crippen molar-refractivity contribution in [3.05, 3.63) is 29.6 Å². The van der Waals surface area contributed by atoms with E-state index in [0.717, 1.165) is 5.56 Å². The maximum absolute atomic E-state index is 10.4. The molecular formula is C14H21NO4. The first-order valence-electron chi connectivity index (χ1n) is 6.43. The maximum Gasteiger partial charge on any atom is 0.281 e. The molecule has 1 saturated carbocycles. The van der Waals surface area contributed by atoms with Crippen molar-refractivity contribution in [2.75, 3.05) is 0 Å². The van der Waals surface area contributed by atoms with Crippen LogP contribution in [0.2, 0.25) is 0 Å². The van der Waals surface area contributed by atoms with E-state index >= 15 is 0 Å². The molecule has 0 amide bonds. The number of aromatic nitrogens is 1. The predicted octanol–water partition coefficient (Wildman–Crippen LogP) is 0.823. The Bertz CT molecular complexity index is 455. The van der Waals surface area contributed by atoms with Gasteiger partial charge in [0, 0.05) is 6.20 Å². The smallest absolute Gasteiger partial charge is 0.281 e. The van der Waals surface area contributed by atoms with Gasteiger partial charge in [-0.25, -0.2) is 0 Å². The van der Waals surface area contributed by atoms with Crippen LogP contribution in [0.15, 0.2) is 18.3 Å². The van der Waals surface area contributed by atoms with Crippen LogP contribution in [0.3, 0.4) is 0 Å². The number of hydrogen-bond acceptors (Lipinski definition) is 5. The van der Waals surface area contributed by atoms with Gasteiger partial charge >= 0.3 is 0 Å². The summed E-state index contributed by atoms with van der Waals surface area (Å²) in [5.74, 6) is -2.42. The molecule has 1 aliphatic carbocycles. The van der Waals surface area contributed by atoms with Crippen molar-refractivity contribution in [2.45, 2.75) is 51.1 Å². The van der Waals surface area contributed by atoms with Crippen LogP contribution < -0.4 is 0 Å². The van der Waals surface area contributed by atoms with E-state index < -0.39 is 17.0 Å². The molecule has 1 heterocycles. The van der Waals surface area contributed by atoms with Gasteiger partial charge in [0.25, 0.3) is 5.97 Å². The minimum Gasteiger partial charge on any atom is -0.384 e. The molecule has 0 aromatic carbocycles. The number of hydrogen-bond donors (Lipinski definition) is 4. The summed E-state index contributed by atoms with van der Waals surface area (Å²) in [6.45, 7) is 5.64. The Morgan fingerprint density at radius 2 is 1.79 bits per heavy atom. The lowest BCUT2D eigenvalue weighted by atomic mass is 9.57. The van der Waals surface area contributed by atoms with E-state index in [1.807, 2.05) is 6.07 Å². The molecule has 0 aliphatic heterocycles. The van der Waals surface area contributed by atoms with Crippen molar-refractivity contribution < 1.29 is 20.4 Å². The van der Waals surface area contributed by atoms with Crippen LogP contribution in [-0.4, -0.2) is 31.4 Å². The summed E-state index contributed by atoms with van der Waals surface area (Å²) in [5, 5.41) is 38.2. The topological polar surface area (TPSA) is 93.8 Å². The lowest BCUT2D eigenvalue weighted by Gasteiger charge is -2.54. The van der Waals surface area contributed by atoms with E-state index in [-0.39, 0.29) is 12.8 Å². The Hall–Kier alpha value is -1.01. The monoisotopic (exact) mass is 267 g/mol. The van der Waals surface area contributed by atoms with Crippen LogP contribution in [0.4, 0.5) is 0 Å². The van der Waals surface area contributed by atoms with Gasteiger partial charge in [-0.1, -0.05) is 26.8 Å². The van der Waals surface area contributed by atoms with Gasteiger partial charge in [-0.3, -0.25) is 4.98 Å². The minimum atomic E-state index is -2.78. The van der Waals surface area contributed by atoms with Gasteiger partial charge in [0.2, 0.25) is 0 Å². The zero-order valence-corrected chi connectivity index (χ0v) is 11.5. The SMILES string of the molecule is CC(C)c1ccc(C2(O)CC(C)(C(O)(O)O)C2)nc1. The Morgan fingerprint density at radius 1 is 1.21 bits per heavy atom. The fourth-order valence-electron chi connectivity index (χ4n) is 2.68. The first-order chi connectivity index (χ1) is 8.57. The standard InChI is InChI=1S/C14H21NO4/c1-9(2)10-4-5-11(15-6-10)13(16)7-12(3,8-13)14(17,18)19/h4-6,9,16-19H,7-8H2,1-3H3. The quantitative estimate of drug-likeness (QED) is 0.608. The lowest BCUT2D eigenvalue weighted by molar-refractivity contribution is -0.407. The Labute approximate surface area is 112 Å². The Kier molecular flexibility index (Phi) is 3.22. The molecule has 1 fully saturated rings. The second kappa shape index (κ2) is 4.24. The number of aliphatic hydroxyl groups is 4. The number of rotatable bonds is 3. The first-order valence-corrected chi connectivity index (χ1v) is 6.43. The fraction of sp³-hybridized carbons (Fsp3) is 0.643. The summed E-state index contributed by atoms with van der Waals surface area (Å²) in [6, 6.07) is 3.66. The highest BCUT2D eigenvalue weighted by molar-refractivity contribution is 5.25. The lowest BCUT2D eigenvalue weighted by Crippen LogP contribution is -2.60. The molecule has 1 aliphatic rings. The van der Waals surface area contributed by atoms with E-state index in [1.54, 1.807) is 12.3 Å². The highest BCUT2D eigenvalue weighted by Gasteiger charge is 2.62. The van der Waals surface area contributed by atoms with Gasteiger partial charge < -0.3 is 20.4 Å². The van der Waals surface area contributed by atoms with Crippen molar-refractivity contribution in [3.63, 3.8) is 0 Å². The fourth-order valence-corrected chi connectivity index (χ4v) is 2.68. The molecule has 1 aromatic heterocycles. The van der Waals surface area contributed by atoms with E-state index in [9.17, 15) is 20.4 Å². The van der Waals surface area contributed by atoms with Crippen molar-refractivity contribution in [2.24, 2.45) is 5.41 Å². The molecule has 0 atom stereocenters. The second-order valence-electron chi connectivity index (χ2n) is 6.21. The van der Waals surface area contributed by atoms with Gasteiger partial charge in [0.15, 0.2) is 0 Å². The van der Waals surface area contributed by atoms with E-state index in [4.69, 9.17) is 0 Å². The molecule has 19 heavy (non-hydrogen) atoms. The molecule has 4 N–H and O–H groups in total. The average molecular weight is 267 g/mol. The Balaban J connectivity index is 2.16. The molecule has 1 aromatic rings. The molecule has 0 spiro atoms. The van der Waals surface area contributed by atoms with Crippen molar-refractivity contribution in [3.8, 4) is 0 Å². The molecular weight excluding hydrogens is 246 g/mol. The van der Waals surface area contributed by atoms with Crippen LogP contribution in [-0.2, 0) is 5.60 Å². The summed E-state index contributed by atoms with van der Waals surface area (Å²) in [4.78, 5) is 4.25.